The Morgan fingerprint density at radius 3 is 2.79 bits per heavy atom. The summed E-state index contributed by atoms with van der Waals surface area (Å²) in [5, 5.41) is 0. The van der Waals surface area contributed by atoms with Gasteiger partial charge in [-0.05, 0) is 55.9 Å². The molecule has 0 saturated heterocycles. The Balaban J connectivity index is 1.79. The lowest BCUT2D eigenvalue weighted by molar-refractivity contribution is -0.121. The Morgan fingerprint density at radius 2 is 2.16 bits per heavy atom. The van der Waals surface area contributed by atoms with Gasteiger partial charge in [-0.1, -0.05) is 6.07 Å². The third-order valence-electron chi connectivity index (χ3n) is 3.80. The SMILES string of the molecule is CCOC1CC(CC(=O)Cc2ccc(F)cc2C)C1. The number of carbonyl (C=O) groups excluding carboxylic acids is 1. The van der Waals surface area contributed by atoms with Crippen LogP contribution in [0.5, 0.6) is 0 Å². The zero-order chi connectivity index (χ0) is 13.8. The second-order valence-electron chi connectivity index (χ2n) is 5.41. The number of rotatable bonds is 6. The van der Waals surface area contributed by atoms with Gasteiger partial charge in [-0.3, -0.25) is 4.79 Å². The van der Waals surface area contributed by atoms with Crippen molar-refractivity contribution >= 4 is 5.78 Å². The molecular weight excluding hydrogens is 243 g/mol. The molecule has 19 heavy (non-hydrogen) atoms. The molecule has 0 bridgehead atoms. The Hall–Kier alpha value is -1.22. The number of Topliss-reactive ketones (excluding diaryl/α,β-unsaturated/α-hetero) is 1. The monoisotopic (exact) mass is 264 g/mol. The van der Waals surface area contributed by atoms with Crippen LogP contribution in [0.25, 0.3) is 0 Å². The summed E-state index contributed by atoms with van der Waals surface area (Å²) in [7, 11) is 0. The number of hydrogen-bond acceptors (Lipinski definition) is 2. The molecule has 0 spiro atoms. The van der Waals surface area contributed by atoms with Crippen LogP contribution < -0.4 is 0 Å². The van der Waals surface area contributed by atoms with Crippen molar-refractivity contribution in [1.29, 1.82) is 0 Å². The van der Waals surface area contributed by atoms with Gasteiger partial charge < -0.3 is 4.74 Å². The standard InChI is InChI=1S/C16H21FO2/c1-3-19-16-8-12(9-16)7-15(18)10-13-4-5-14(17)6-11(13)2/h4-6,12,16H,3,7-10H2,1-2H3. The molecule has 2 nitrogen and oxygen atoms in total. The summed E-state index contributed by atoms with van der Waals surface area (Å²) >= 11 is 0. The molecule has 1 fully saturated rings. The van der Waals surface area contributed by atoms with Crippen molar-refractivity contribution in [2.24, 2.45) is 5.92 Å². The molecule has 0 heterocycles. The van der Waals surface area contributed by atoms with E-state index in [1.54, 1.807) is 6.07 Å². The van der Waals surface area contributed by atoms with E-state index >= 15 is 0 Å². The smallest absolute Gasteiger partial charge is 0.137 e. The van der Waals surface area contributed by atoms with E-state index in [4.69, 9.17) is 4.74 Å². The fourth-order valence-electron chi connectivity index (χ4n) is 2.68. The molecule has 0 amide bonds. The molecule has 0 unspecified atom stereocenters. The maximum Gasteiger partial charge on any atom is 0.137 e. The van der Waals surface area contributed by atoms with Gasteiger partial charge in [0.15, 0.2) is 0 Å². The zero-order valence-corrected chi connectivity index (χ0v) is 11.6. The van der Waals surface area contributed by atoms with Crippen LogP contribution in [0.1, 0.15) is 37.3 Å². The molecule has 2 rings (SSSR count). The van der Waals surface area contributed by atoms with E-state index in [1.165, 1.54) is 12.1 Å². The number of aryl methyl sites for hydroxylation is 1. The minimum atomic E-state index is -0.243. The second kappa shape index (κ2) is 6.29. The third kappa shape index (κ3) is 3.87. The molecule has 1 aromatic rings. The van der Waals surface area contributed by atoms with E-state index in [9.17, 15) is 9.18 Å². The highest BCUT2D eigenvalue weighted by Crippen LogP contribution is 2.33. The fraction of sp³-hybridized carbons (Fsp3) is 0.562. The molecule has 0 aromatic heterocycles. The maximum atomic E-state index is 13.0. The van der Waals surface area contributed by atoms with E-state index in [1.807, 2.05) is 13.8 Å². The highest BCUT2D eigenvalue weighted by atomic mass is 19.1. The first-order chi connectivity index (χ1) is 9.08. The molecule has 1 saturated carbocycles. The van der Waals surface area contributed by atoms with Crippen molar-refractivity contribution in [3.8, 4) is 0 Å². The molecule has 0 radical (unpaired) electrons. The highest BCUT2D eigenvalue weighted by molar-refractivity contribution is 5.81. The van der Waals surface area contributed by atoms with Crippen LogP contribution >= 0.6 is 0 Å². The molecule has 0 aliphatic heterocycles. The normalized spacial score (nSPS) is 22.1. The lowest BCUT2D eigenvalue weighted by Gasteiger charge is -2.34. The van der Waals surface area contributed by atoms with Crippen molar-refractivity contribution in [3.05, 3.63) is 35.1 Å². The Labute approximate surface area is 114 Å². The maximum absolute atomic E-state index is 13.0. The highest BCUT2D eigenvalue weighted by Gasteiger charge is 2.30. The van der Waals surface area contributed by atoms with Gasteiger partial charge in [-0.2, -0.15) is 0 Å². The average Bonchev–Trinajstić information content (AvgIpc) is 2.30. The molecule has 1 aromatic carbocycles. The summed E-state index contributed by atoms with van der Waals surface area (Å²) in [6.07, 6.45) is 3.40. The van der Waals surface area contributed by atoms with Gasteiger partial charge in [0.25, 0.3) is 0 Å². The van der Waals surface area contributed by atoms with Gasteiger partial charge in [0.1, 0.15) is 11.6 Å². The summed E-state index contributed by atoms with van der Waals surface area (Å²) in [6.45, 7) is 4.59. The van der Waals surface area contributed by atoms with Crippen molar-refractivity contribution in [1.82, 2.24) is 0 Å². The predicted octanol–water partition coefficient (Wildman–Crippen LogP) is 3.45. The van der Waals surface area contributed by atoms with Crippen molar-refractivity contribution in [3.63, 3.8) is 0 Å². The Bertz CT molecular complexity index is 450. The molecule has 104 valence electrons. The lowest BCUT2D eigenvalue weighted by Crippen LogP contribution is -2.33. The number of halogens is 1. The zero-order valence-electron chi connectivity index (χ0n) is 11.6. The third-order valence-corrected chi connectivity index (χ3v) is 3.80. The molecular formula is C16H21FO2. The summed E-state index contributed by atoms with van der Waals surface area (Å²) in [5.41, 5.74) is 1.79. The summed E-state index contributed by atoms with van der Waals surface area (Å²) < 4.78 is 18.5. The van der Waals surface area contributed by atoms with Crippen molar-refractivity contribution in [2.75, 3.05) is 6.61 Å². The number of carbonyl (C=O) groups is 1. The van der Waals surface area contributed by atoms with Gasteiger partial charge in [0, 0.05) is 19.4 Å². The number of ether oxygens (including phenoxy) is 1. The number of ketones is 1. The van der Waals surface area contributed by atoms with Gasteiger partial charge in [0.05, 0.1) is 6.10 Å². The van der Waals surface area contributed by atoms with Crippen LogP contribution in [0.3, 0.4) is 0 Å². The van der Waals surface area contributed by atoms with E-state index < -0.39 is 0 Å². The minimum Gasteiger partial charge on any atom is -0.378 e. The van der Waals surface area contributed by atoms with Crippen molar-refractivity contribution in [2.45, 2.75) is 45.6 Å². The Morgan fingerprint density at radius 1 is 1.42 bits per heavy atom. The Kier molecular flexibility index (Phi) is 4.70. The van der Waals surface area contributed by atoms with Crippen LogP contribution in [-0.4, -0.2) is 18.5 Å². The van der Waals surface area contributed by atoms with Gasteiger partial charge in [0.2, 0.25) is 0 Å². The summed E-state index contributed by atoms with van der Waals surface area (Å²) in [5.74, 6) is 0.478. The van der Waals surface area contributed by atoms with Gasteiger partial charge in [-0.15, -0.1) is 0 Å². The van der Waals surface area contributed by atoms with Crippen LogP contribution in [0.4, 0.5) is 4.39 Å². The summed E-state index contributed by atoms with van der Waals surface area (Å²) in [6, 6.07) is 4.62. The quantitative estimate of drug-likeness (QED) is 0.786. The van der Waals surface area contributed by atoms with Gasteiger partial charge >= 0.3 is 0 Å². The first kappa shape index (κ1) is 14.2. The molecule has 1 aliphatic carbocycles. The van der Waals surface area contributed by atoms with E-state index in [0.29, 0.717) is 24.9 Å². The molecule has 3 heteroatoms. The van der Waals surface area contributed by atoms with Crippen LogP contribution in [0.2, 0.25) is 0 Å². The predicted molar refractivity (Wildman–Crippen MR) is 72.6 cm³/mol. The first-order valence-corrected chi connectivity index (χ1v) is 6.96. The summed E-state index contributed by atoms with van der Waals surface area (Å²) in [4.78, 5) is 12.0. The molecule has 0 N–H and O–H groups in total. The number of benzene rings is 1. The molecule has 1 aliphatic rings. The second-order valence-corrected chi connectivity index (χ2v) is 5.41. The molecule has 0 atom stereocenters. The van der Waals surface area contributed by atoms with Crippen molar-refractivity contribution < 1.29 is 13.9 Å². The van der Waals surface area contributed by atoms with E-state index in [2.05, 4.69) is 0 Å². The van der Waals surface area contributed by atoms with Crippen LogP contribution in [0.15, 0.2) is 18.2 Å². The fourth-order valence-corrected chi connectivity index (χ4v) is 2.68. The van der Waals surface area contributed by atoms with E-state index in [0.717, 1.165) is 30.6 Å². The lowest BCUT2D eigenvalue weighted by atomic mass is 9.78. The van der Waals surface area contributed by atoms with Crippen LogP contribution in [-0.2, 0) is 16.0 Å². The topological polar surface area (TPSA) is 26.3 Å². The van der Waals surface area contributed by atoms with E-state index in [-0.39, 0.29) is 11.6 Å². The van der Waals surface area contributed by atoms with Gasteiger partial charge in [-0.25, -0.2) is 4.39 Å². The van der Waals surface area contributed by atoms with Crippen LogP contribution in [0, 0.1) is 18.7 Å². The number of hydrogen-bond donors (Lipinski definition) is 0. The minimum absolute atomic E-state index is 0.243. The first-order valence-electron chi connectivity index (χ1n) is 6.96. The average molecular weight is 264 g/mol. The largest absolute Gasteiger partial charge is 0.378 e.